The van der Waals surface area contributed by atoms with Crippen molar-refractivity contribution in [2.45, 2.75) is 39.2 Å². The lowest BCUT2D eigenvalue weighted by Gasteiger charge is -2.06. The summed E-state index contributed by atoms with van der Waals surface area (Å²) in [7, 11) is 0. The normalized spacial score (nSPS) is 10.1. The third-order valence-corrected chi connectivity index (χ3v) is 3.07. The summed E-state index contributed by atoms with van der Waals surface area (Å²) >= 11 is 0. The van der Waals surface area contributed by atoms with E-state index in [1.165, 1.54) is 0 Å². The van der Waals surface area contributed by atoms with E-state index < -0.39 is 0 Å². The van der Waals surface area contributed by atoms with Gasteiger partial charge in [0.1, 0.15) is 0 Å². The molecule has 0 atom stereocenters. The number of nitrogens with zero attached hydrogens (tertiary/aromatic N) is 1. The first-order valence-corrected chi connectivity index (χ1v) is 6.79. The van der Waals surface area contributed by atoms with E-state index in [0.717, 1.165) is 18.5 Å². The maximum Gasteiger partial charge on any atom is 0.239 e. The molecule has 1 aromatic heterocycles. The molecule has 21 heavy (non-hydrogen) atoms. The summed E-state index contributed by atoms with van der Waals surface area (Å²) < 4.78 is 5.17. The molecule has 0 aliphatic carbocycles. The van der Waals surface area contributed by atoms with Crippen molar-refractivity contribution >= 4 is 24.2 Å². The van der Waals surface area contributed by atoms with E-state index in [9.17, 15) is 9.59 Å². The number of aromatic nitrogens is 1. The average molecular weight is 319 g/mol. The first-order chi connectivity index (χ1) is 9.60. The van der Waals surface area contributed by atoms with Crippen LogP contribution in [0, 0.1) is 0 Å². The highest BCUT2D eigenvalue weighted by Gasteiger charge is 2.13. The number of nitrogens with two attached hydrogens (primary N) is 1. The van der Waals surface area contributed by atoms with E-state index >= 15 is 0 Å². The molecule has 8 heteroatoms. The summed E-state index contributed by atoms with van der Waals surface area (Å²) in [6, 6.07) is 1.86. The van der Waals surface area contributed by atoms with Crippen LogP contribution in [0.5, 0.6) is 0 Å². The van der Waals surface area contributed by atoms with E-state index in [2.05, 4.69) is 29.6 Å². The second-order valence-corrected chi connectivity index (χ2v) is 4.49. The molecule has 0 fully saturated rings. The predicted molar refractivity (Wildman–Crippen MR) is 81.0 cm³/mol. The molecule has 4 N–H and O–H groups in total. The van der Waals surface area contributed by atoms with Crippen molar-refractivity contribution in [1.82, 2.24) is 15.8 Å². The Balaban J connectivity index is 0.00000400. The minimum atomic E-state index is -0.365. The summed E-state index contributed by atoms with van der Waals surface area (Å²) in [5.41, 5.74) is 6.03. The molecule has 1 rings (SSSR count). The zero-order valence-corrected chi connectivity index (χ0v) is 13.2. The molecule has 0 saturated carbocycles. The SMILES string of the molecule is CCC(CC)c1cc(CNC(=O)CNC(=O)CN)on1.Cl. The molecule has 120 valence electrons. The number of carbonyl (C=O) groups is 2. The Bertz CT molecular complexity index is 446. The lowest BCUT2D eigenvalue weighted by atomic mass is 9.99. The van der Waals surface area contributed by atoms with Gasteiger partial charge in [0.15, 0.2) is 5.76 Å². The average Bonchev–Trinajstić information content (AvgIpc) is 2.92. The molecule has 0 saturated heterocycles. The van der Waals surface area contributed by atoms with Gasteiger partial charge in [0, 0.05) is 12.0 Å². The molecule has 2 amide bonds. The molecule has 1 aromatic rings. The van der Waals surface area contributed by atoms with Crippen LogP contribution < -0.4 is 16.4 Å². The molecule has 0 radical (unpaired) electrons. The minimum Gasteiger partial charge on any atom is -0.359 e. The smallest absolute Gasteiger partial charge is 0.239 e. The van der Waals surface area contributed by atoms with E-state index in [1.54, 1.807) is 0 Å². The van der Waals surface area contributed by atoms with Crippen LogP contribution in [-0.2, 0) is 16.1 Å². The maximum atomic E-state index is 11.5. The van der Waals surface area contributed by atoms with Crippen LogP contribution in [0.4, 0.5) is 0 Å². The van der Waals surface area contributed by atoms with Gasteiger partial charge in [-0.15, -0.1) is 12.4 Å². The Labute approximate surface area is 130 Å². The van der Waals surface area contributed by atoms with E-state index in [-0.39, 0.29) is 43.9 Å². The van der Waals surface area contributed by atoms with Gasteiger partial charge in [-0.25, -0.2) is 0 Å². The van der Waals surface area contributed by atoms with Gasteiger partial charge in [0.05, 0.1) is 25.3 Å². The number of hydrogen-bond acceptors (Lipinski definition) is 5. The zero-order valence-electron chi connectivity index (χ0n) is 12.3. The monoisotopic (exact) mass is 318 g/mol. The Hall–Kier alpha value is -1.60. The molecule has 0 aliphatic rings. The zero-order chi connectivity index (χ0) is 15.0. The van der Waals surface area contributed by atoms with Gasteiger partial charge >= 0.3 is 0 Å². The number of nitrogens with one attached hydrogen (secondary N) is 2. The van der Waals surface area contributed by atoms with Gasteiger partial charge in [0.2, 0.25) is 11.8 Å². The number of halogens is 1. The molecule has 7 nitrogen and oxygen atoms in total. The number of rotatable bonds is 8. The third kappa shape index (κ3) is 6.59. The Morgan fingerprint density at radius 1 is 1.29 bits per heavy atom. The standard InChI is InChI=1S/C13H22N4O3.ClH/c1-3-9(4-2)11-5-10(20-17-11)7-15-13(19)8-16-12(18)6-14;/h5,9H,3-4,6-8,14H2,1-2H3,(H,15,19)(H,16,18);1H. The van der Waals surface area contributed by atoms with Crippen molar-refractivity contribution in [1.29, 1.82) is 0 Å². The number of hydrogen-bond donors (Lipinski definition) is 3. The summed E-state index contributed by atoms with van der Waals surface area (Å²) in [5, 5.41) is 9.04. The lowest BCUT2D eigenvalue weighted by molar-refractivity contribution is -0.125. The lowest BCUT2D eigenvalue weighted by Crippen LogP contribution is -2.39. The largest absolute Gasteiger partial charge is 0.359 e. The van der Waals surface area contributed by atoms with Crippen LogP contribution in [0.2, 0.25) is 0 Å². The van der Waals surface area contributed by atoms with Gasteiger partial charge in [-0.05, 0) is 12.8 Å². The first-order valence-electron chi connectivity index (χ1n) is 6.79. The van der Waals surface area contributed by atoms with Gasteiger partial charge in [0.25, 0.3) is 0 Å². The van der Waals surface area contributed by atoms with Gasteiger partial charge in [-0.3, -0.25) is 9.59 Å². The summed E-state index contributed by atoms with van der Waals surface area (Å²) in [4.78, 5) is 22.4. The molecule has 0 bridgehead atoms. The van der Waals surface area contributed by atoms with Gasteiger partial charge in [-0.2, -0.15) is 0 Å². The Kier molecular flexibility index (Phi) is 9.40. The van der Waals surface area contributed by atoms with Crippen LogP contribution in [0.3, 0.4) is 0 Å². The fraction of sp³-hybridized carbons (Fsp3) is 0.615. The summed E-state index contributed by atoms with van der Waals surface area (Å²) in [6.45, 7) is 4.23. The van der Waals surface area contributed by atoms with E-state index in [4.69, 9.17) is 10.3 Å². The summed E-state index contributed by atoms with van der Waals surface area (Å²) in [6.07, 6.45) is 2.00. The highest BCUT2D eigenvalue weighted by atomic mass is 35.5. The summed E-state index contributed by atoms with van der Waals surface area (Å²) in [5.74, 6) is 0.320. The van der Waals surface area contributed by atoms with Crippen molar-refractivity contribution in [3.63, 3.8) is 0 Å². The highest BCUT2D eigenvalue weighted by molar-refractivity contribution is 5.85. The van der Waals surface area contributed by atoms with Gasteiger partial charge < -0.3 is 20.9 Å². The van der Waals surface area contributed by atoms with Crippen LogP contribution in [0.1, 0.15) is 44.1 Å². The molecule has 1 heterocycles. The van der Waals surface area contributed by atoms with Crippen LogP contribution >= 0.6 is 12.4 Å². The van der Waals surface area contributed by atoms with Crippen molar-refractivity contribution in [3.05, 3.63) is 17.5 Å². The number of carbonyl (C=O) groups excluding carboxylic acids is 2. The van der Waals surface area contributed by atoms with E-state index in [0.29, 0.717) is 11.7 Å². The number of amides is 2. The Morgan fingerprint density at radius 3 is 2.52 bits per heavy atom. The molecule has 0 unspecified atom stereocenters. The maximum absolute atomic E-state index is 11.5. The van der Waals surface area contributed by atoms with Gasteiger partial charge in [-0.1, -0.05) is 19.0 Å². The van der Waals surface area contributed by atoms with Crippen molar-refractivity contribution in [2.24, 2.45) is 5.73 Å². The Morgan fingerprint density at radius 2 is 1.95 bits per heavy atom. The fourth-order valence-corrected chi connectivity index (χ4v) is 1.81. The third-order valence-electron chi connectivity index (χ3n) is 3.07. The first kappa shape index (κ1) is 19.4. The second kappa shape index (κ2) is 10.2. The van der Waals surface area contributed by atoms with Crippen molar-refractivity contribution < 1.29 is 14.1 Å². The minimum absolute atomic E-state index is 0. The molecule has 0 aromatic carbocycles. The van der Waals surface area contributed by atoms with Crippen molar-refractivity contribution in [3.8, 4) is 0 Å². The van der Waals surface area contributed by atoms with Crippen LogP contribution in [-0.4, -0.2) is 30.1 Å². The molecule has 0 spiro atoms. The quantitative estimate of drug-likeness (QED) is 0.653. The van der Waals surface area contributed by atoms with Crippen LogP contribution in [0.15, 0.2) is 10.6 Å². The molecular formula is C13H23ClN4O3. The van der Waals surface area contributed by atoms with E-state index in [1.807, 2.05) is 6.07 Å². The second-order valence-electron chi connectivity index (χ2n) is 4.49. The highest BCUT2D eigenvalue weighted by Crippen LogP contribution is 2.22. The topological polar surface area (TPSA) is 110 Å². The predicted octanol–water partition coefficient (Wildman–Crippen LogP) is 0.691. The van der Waals surface area contributed by atoms with Crippen LogP contribution in [0.25, 0.3) is 0 Å². The van der Waals surface area contributed by atoms with Crippen molar-refractivity contribution in [2.75, 3.05) is 13.1 Å². The fourth-order valence-electron chi connectivity index (χ4n) is 1.81. The molecule has 0 aliphatic heterocycles. The molecular weight excluding hydrogens is 296 g/mol.